The van der Waals surface area contributed by atoms with E-state index in [0.717, 1.165) is 18.7 Å². The topological polar surface area (TPSA) is 34.0 Å². The first-order chi connectivity index (χ1) is 7.63. The van der Waals surface area contributed by atoms with Crippen LogP contribution in [0, 0.1) is 6.92 Å². The molecule has 3 nitrogen and oxygen atoms in total. The van der Waals surface area contributed by atoms with Gasteiger partial charge in [-0.1, -0.05) is 13.3 Å². The van der Waals surface area contributed by atoms with Gasteiger partial charge in [-0.25, -0.2) is 0 Å². The fourth-order valence-electron chi connectivity index (χ4n) is 1.76. The molecule has 0 aliphatic rings. The molecule has 0 aliphatic carbocycles. The lowest BCUT2D eigenvalue weighted by Gasteiger charge is -2.13. The number of nitrogens with one attached hydrogen (secondary N) is 1. The maximum Gasteiger partial charge on any atom is 0.250 e. The fraction of sp³-hybridized carbons (Fsp3) is 0.615. The first kappa shape index (κ1) is 13.0. The van der Waals surface area contributed by atoms with Crippen molar-refractivity contribution in [3.05, 3.63) is 34.2 Å². The molecular weight excluding hydrogens is 200 g/mol. The van der Waals surface area contributed by atoms with Crippen LogP contribution in [-0.2, 0) is 6.54 Å². The van der Waals surface area contributed by atoms with E-state index in [2.05, 4.69) is 19.2 Å². The quantitative estimate of drug-likeness (QED) is 0.798. The highest BCUT2D eigenvalue weighted by molar-refractivity contribution is 5.07. The van der Waals surface area contributed by atoms with E-state index in [1.54, 1.807) is 10.6 Å². The second-order valence-corrected chi connectivity index (χ2v) is 4.38. The van der Waals surface area contributed by atoms with E-state index in [4.69, 9.17) is 0 Å². The largest absolute Gasteiger partial charge is 0.314 e. The summed E-state index contributed by atoms with van der Waals surface area (Å²) in [4.78, 5) is 11.6. The Morgan fingerprint density at radius 2 is 2.25 bits per heavy atom. The van der Waals surface area contributed by atoms with Crippen molar-refractivity contribution in [2.24, 2.45) is 0 Å². The molecule has 0 amide bonds. The predicted octanol–water partition coefficient (Wildman–Crippen LogP) is 1.93. The van der Waals surface area contributed by atoms with Crippen LogP contribution >= 0.6 is 0 Å². The van der Waals surface area contributed by atoms with E-state index in [0.29, 0.717) is 6.04 Å². The highest BCUT2D eigenvalue weighted by Gasteiger charge is 2.00. The van der Waals surface area contributed by atoms with Gasteiger partial charge in [0.15, 0.2) is 0 Å². The van der Waals surface area contributed by atoms with Crippen molar-refractivity contribution in [1.82, 2.24) is 9.88 Å². The predicted molar refractivity (Wildman–Crippen MR) is 67.8 cm³/mol. The summed E-state index contributed by atoms with van der Waals surface area (Å²) >= 11 is 0. The van der Waals surface area contributed by atoms with Crippen molar-refractivity contribution in [1.29, 1.82) is 0 Å². The van der Waals surface area contributed by atoms with Crippen molar-refractivity contribution < 1.29 is 0 Å². The number of pyridine rings is 1. The van der Waals surface area contributed by atoms with E-state index < -0.39 is 0 Å². The van der Waals surface area contributed by atoms with Crippen molar-refractivity contribution in [3.63, 3.8) is 0 Å². The number of hydrogen-bond acceptors (Lipinski definition) is 2. The van der Waals surface area contributed by atoms with E-state index in [-0.39, 0.29) is 5.56 Å². The molecular formula is C13H22N2O. The smallest absolute Gasteiger partial charge is 0.250 e. The lowest BCUT2D eigenvalue weighted by molar-refractivity contribution is 0.482. The zero-order valence-electron chi connectivity index (χ0n) is 10.5. The summed E-state index contributed by atoms with van der Waals surface area (Å²) in [5, 5.41) is 3.41. The zero-order chi connectivity index (χ0) is 12.0. The van der Waals surface area contributed by atoms with Gasteiger partial charge in [-0.2, -0.15) is 0 Å². The summed E-state index contributed by atoms with van der Waals surface area (Å²) in [6.45, 7) is 7.90. The lowest BCUT2D eigenvalue weighted by atomic mass is 10.2. The second-order valence-electron chi connectivity index (χ2n) is 4.38. The summed E-state index contributed by atoms with van der Waals surface area (Å²) in [7, 11) is 0. The molecule has 0 aromatic carbocycles. The van der Waals surface area contributed by atoms with Gasteiger partial charge in [0.25, 0.3) is 5.56 Å². The Hall–Kier alpha value is -1.09. The SMILES string of the molecule is CCCC(C)NCCn1ccc(C)cc1=O. The minimum Gasteiger partial charge on any atom is -0.314 e. The minimum absolute atomic E-state index is 0.0879. The molecule has 0 fully saturated rings. The van der Waals surface area contributed by atoms with Gasteiger partial charge in [0.05, 0.1) is 0 Å². The van der Waals surface area contributed by atoms with Crippen molar-refractivity contribution in [2.45, 2.75) is 46.2 Å². The Morgan fingerprint density at radius 1 is 1.50 bits per heavy atom. The molecule has 90 valence electrons. The van der Waals surface area contributed by atoms with Crippen LogP contribution in [0.3, 0.4) is 0 Å². The molecule has 1 heterocycles. The standard InChI is InChI=1S/C13H22N2O/c1-4-5-12(3)14-7-9-15-8-6-11(2)10-13(15)16/h6,8,10,12,14H,4-5,7,9H2,1-3H3. The maximum absolute atomic E-state index is 11.6. The van der Waals surface area contributed by atoms with Gasteiger partial charge in [-0.05, 0) is 31.9 Å². The molecule has 1 atom stereocenters. The first-order valence-electron chi connectivity index (χ1n) is 6.04. The van der Waals surface area contributed by atoms with Crippen LogP contribution in [-0.4, -0.2) is 17.2 Å². The number of aryl methyl sites for hydroxylation is 1. The Morgan fingerprint density at radius 3 is 2.88 bits per heavy atom. The molecule has 1 unspecified atom stereocenters. The molecule has 0 spiro atoms. The number of hydrogen-bond donors (Lipinski definition) is 1. The summed E-state index contributed by atoms with van der Waals surface area (Å²) < 4.78 is 1.75. The van der Waals surface area contributed by atoms with Crippen LogP contribution in [0.5, 0.6) is 0 Å². The number of nitrogens with zero attached hydrogens (tertiary/aromatic N) is 1. The van der Waals surface area contributed by atoms with E-state index >= 15 is 0 Å². The average molecular weight is 222 g/mol. The highest BCUT2D eigenvalue weighted by Crippen LogP contribution is 1.94. The van der Waals surface area contributed by atoms with Gasteiger partial charge in [-0.15, -0.1) is 0 Å². The Bertz CT molecular complexity index is 370. The first-order valence-corrected chi connectivity index (χ1v) is 6.04. The summed E-state index contributed by atoms with van der Waals surface area (Å²) in [6.07, 6.45) is 4.24. The van der Waals surface area contributed by atoms with Crippen LogP contribution in [0.15, 0.2) is 23.1 Å². The molecule has 16 heavy (non-hydrogen) atoms. The number of rotatable bonds is 6. The van der Waals surface area contributed by atoms with Gasteiger partial charge in [0.1, 0.15) is 0 Å². The Balaban J connectivity index is 2.40. The van der Waals surface area contributed by atoms with Gasteiger partial charge in [0, 0.05) is 31.4 Å². The highest BCUT2D eigenvalue weighted by atomic mass is 16.1. The third-order valence-electron chi connectivity index (χ3n) is 2.72. The second kappa shape index (κ2) is 6.48. The average Bonchev–Trinajstić information content (AvgIpc) is 2.22. The van der Waals surface area contributed by atoms with Crippen molar-refractivity contribution >= 4 is 0 Å². The van der Waals surface area contributed by atoms with Crippen LogP contribution < -0.4 is 10.9 Å². The minimum atomic E-state index is 0.0879. The zero-order valence-corrected chi connectivity index (χ0v) is 10.5. The molecule has 3 heteroatoms. The Kier molecular flexibility index (Phi) is 5.26. The lowest BCUT2D eigenvalue weighted by Crippen LogP contribution is -2.31. The monoisotopic (exact) mass is 222 g/mol. The molecule has 1 aromatic heterocycles. The third-order valence-corrected chi connectivity index (χ3v) is 2.72. The normalized spacial score (nSPS) is 12.7. The third kappa shape index (κ3) is 4.19. The molecule has 0 bridgehead atoms. The van der Waals surface area contributed by atoms with E-state index in [1.165, 1.54) is 12.8 Å². The van der Waals surface area contributed by atoms with Crippen LogP contribution in [0.25, 0.3) is 0 Å². The molecule has 0 saturated heterocycles. The van der Waals surface area contributed by atoms with Gasteiger partial charge < -0.3 is 9.88 Å². The van der Waals surface area contributed by atoms with Crippen molar-refractivity contribution in [2.75, 3.05) is 6.54 Å². The van der Waals surface area contributed by atoms with E-state index in [1.807, 2.05) is 19.2 Å². The summed E-state index contributed by atoms with van der Waals surface area (Å²) in [6, 6.07) is 4.18. The van der Waals surface area contributed by atoms with Crippen LogP contribution in [0.4, 0.5) is 0 Å². The molecule has 1 rings (SSSR count). The molecule has 1 aromatic rings. The molecule has 0 aliphatic heterocycles. The Labute approximate surface area is 97.5 Å². The van der Waals surface area contributed by atoms with Gasteiger partial charge in [0.2, 0.25) is 0 Å². The van der Waals surface area contributed by atoms with Crippen molar-refractivity contribution in [3.8, 4) is 0 Å². The molecule has 0 radical (unpaired) electrons. The summed E-state index contributed by atoms with van der Waals surface area (Å²) in [5.41, 5.74) is 1.11. The van der Waals surface area contributed by atoms with Gasteiger partial charge in [-0.3, -0.25) is 4.79 Å². The molecule has 1 N–H and O–H groups in total. The van der Waals surface area contributed by atoms with Crippen LogP contribution in [0.2, 0.25) is 0 Å². The van der Waals surface area contributed by atoms with Crippen LogP contribution in [0.1, 0.15) is 32.3 Å². The van der Waals surface area contributed by atoms with Gasteiger partial charge >= 0.3 is 0 Å². The number of aromatic nitrogens is 1. The fourth-order valence-corrected chi connectivity index (χ4v) is 1.76. The summed E-state index contributed by atoms with van der Waals surface area (Å²) in [5.74, 6) is 0. The maximum atomic E-state index is 11.6. The molecule has 0 saturated carbocycles. The van der Waals surface area contributed by atoms with E-state index in [9.17, 15) is 4.79 Å².